The van der Waals surface area contributed by atoms with E-state index in [1.165, 1.54) is 7.11 Å². The van der Waals surface area contributed by atoms with E-state index in [2.05, 4.69) is 10.1 Å². The van der Waals surface area contributed by atoms with Crippen LogP contribution in [0.15, 0.2) is 24.3 Å². The SMILES string of the molecule is COC(=O)c1cccc(NC(C)C(C)OC)c1. The van der Waals surface area contributed by atoms with Gasteiger partial charge in [-0.3, -0.25) is 0 Å². The number of benzene rings is 1. The second kappa shape index (κ2) is 6.25. The van der Waals surface area contributed by atoms with Crippen LogP contribution in [-0.4, -0.2) is 32.3 Å². The molecule has 2 unspecified atom stereocenters. The molecule has 0 aromatic heterocycles. The zero-order valence-electron chi connectivity index (χ0n) is 10.7. The zero-order valence-corrected chi connectivity index (χ0v) is 10.7. The van der Waals surface area contributed by atoms with Crippen molar-refractivity contribution >= 4 is 11.7 Å². The summed E-state index contributed by atoms with van der Waals surface area (Å²) in [7, 11) is 3.05. The summed E-state index contributed by atoms with van der Waals surface area (Å²) >= 11 is 0. The maximum Gasteiger partial charge on any atom is 0.337 e. The minimum Gasteiger partial charge on any atom is -0.465 e. The number of ether oxygens (including phenoxy) is 2. The lowest BCUT2D eigenvalue weighted by atomic mass is 10.1. The number of carbonyl (C=O) groups is 1. The van der Waals surface area contributed by atoms with Gasteiger partial charge in [0.1, 0.15) is 0 Å². The highest BCUT2D eigenvalue weighted by Crippen LogP contribution is 2.14. The van der Waals surface area contributed by atoms with Crippen LogP contribution in [0.25, 0.3) is 0 Å². The fourth-order valence-electron chi connectivity index (χ4n) is 1.44. The molecule has 1 rings (SSSR count). The number of rotatable bonds is 5. The fourth-order valence-corrected chi connectivity index (χ4v) is 1.44. The van der Waals surface area contributed by atoms with Crippen molar-refractivity contribution in [1.82, 2.24) is 0 Å². The summed E-state index contributed by atoms with van der Waals surface area (Å²) in [6.45, 7) is 4.01. The third-order valence-corrected chi connectivity index (χ3v) is 2.75. The van der Waals surface area contributed by atoms with Gasteiger partial charge in [0.15, 0.2) is 0 Å². The Balaban J connectivity index is 2.75. The Morgan fingerprint density at radius 1 is 1.29 bits per heavy atom. The van der Waals surface area contributed by atoms with Crippen molar-refractivity contribution in [3.8, 4) is 0 Å². The Kier molecular flexibility index (Phi) is 4.97. The number of esters is 1. The highest BCUT2D eigenvalue weighted by molar-refractivity contribution is 5.90. The number of hydrogen-bond donors (Lipinski definition) is 1. The van der Waals surface area contributed by atoms with E-state index in [0.29, 0.717) is 5.56 Å². The average Bonchev–Trinajstić information content (AvgIpc) is 2.37. The van der Waals surface area contributed by atoms with Gasteiger partial charge in [-0.05, 0) is 32.0 Å². The minimum absolute atomic E-state index is 0.0942. The molecule has 4 nitrogen and oxygen atoms in total. The molecule has 0 amide bonds. The van der Waals surface area contributed by atoms with E-state index < -0.39 is 0 Å². The van der Waals surface area contributed by atoms with Gasteiger partial charge in [-0.15, -0.1) is 0 Å². The van der Waals surface area contributed by atoms with Crippen LogP contribution >= 0.6 is 0 Å². The van der Waals surface area contributed by atoms with E-state index in [-0.39, 0.29) is 18.1 Å². The normalized spacial score (nSPS) is 13.9. The summed E-state index contributed by atoms with van der Waals surface area (Å²) in [5, 5.41) is 3.28. The van der Waals surface area contributed by atoms with Crippen molar-refractivity contribution in [2.75, 3.05) is 19.5 Å². The zero-order chi connectivity index (χ0) is 12.8. The lowest BCUT2D eigenvalue weighted by Gasteiger charge is -2.21. The molecule has 0 aliphatic rings. The van der Waals surface area contributed by atoms with Crippen LogP contribution in [0.4, 0.5) is 5.69 Å². The molecule has 0 bridgehead atoms. The van der Waals surface area contributed by atoms with Crippen LogP contribution in [0, 0.1) is 0 Å². The van der Waals surface area contributed by atoms with Crippen LogP contribution in [0.2, 0.25) is 0 Å². The summed E-state index contributed by atoms with van der Waals surface area (Å²) in [5.74, 6) is -0.332. The largest absolute Gasteiger partial charge is 0.465 e. The lowest BCUT2D eigenvalue weighted by molar-refractivity contribution is 0.0601. The van der Waals surface area contributed by atoms with E-state index in [1.807, 2.05) is 26.0 Å². The number of anilines is 1. The lowest BCUT2D eigenvalue weighted by Crippen LogP contribution is -2.29. The van der Waals surface area contributed by atoms with Gasteiger partial charge < -0.3 is 14.8 Å². The van der Waals surface area contributed by atoms with Crippen molar-refractivity contribution in [1.29, 1.82) is 0 Å². The maximum absolute atomic E-state index is 11.4. The van der Waals surface area contributed by atoms with E-state index >= 15 is 0 Å². The topological polar surface area (TPSA) is 47.6 Å². The molecule has 17 heavy (non-hydrogen) atoms. The summed E-state index contributed by atoms with van der Waals surface area (Å²) in [6.07, 6.45) is 0.0942. The molecule has 0 saturated carbocycles. The van der Waals surface area contributed by atoms with Crippen LogP contribution in [-0.2, 0) is 9.47 Å². The van der Waals surface area contributed by atoms with Crippen molar-refractivity contribution in [2.24, 2.45) is 0 Å². The van der Waals surface area contributed by atoms with Gasteiger partial charge >= 0.3 is 5.97 Å². The van der Waals surface area contributed by atoms with Crippen LogP contribution in [0.1, 0.15) is 24.2 Å². The number of carbonyl (C=O) groups excluding carboxylic acids is 1. The highest BCUT2D eigenvalue weighted by atomic mass is 16.5. The molecule has 1 aromatic rings. The van der Waals surface area contributed by atoms with Gasteiger partial charge in [-0.2, -0.15) is 0 Å². The minimum atomic E-state index is -0.332. The van der Waals surface area contributed by atoms with E-state index in [0.717, 1.165) is 5.69 Å². The first kappa shape index (κ1) is 13.5. The van der Waals surface area contributed by atoms with E-state index in [4.69, 9.17) is 4.74 Å². The smallest absolute Gasteiger partial charge is 0.337 e. The maximum atomic E-state index is 11.4. The molecule has 1 aromatic carbocycles. The molecule has 0 heterocycles. The average molecular weight is 237 g/mol. The van der Waals surface area contributed by atoms with Crippen LogP contribution in [0.3, 0.4) is 0 Å². The Morgan fingerprint density at radius 2 is 2.00 bits per heavy atom. The molecule has 0 spiro atoms. The predicted molar refractivity (Wildman–Crippen MR) is 67.3 cm³/mol. The van der Waals surface area contributed by atoms with Gasteiger partial charge in [0.25, 0.3) is 0 Å². The number of methoxy groups -OCH3 is 2. The Hall–Kier alpha value is -1.55. The highest BCUT2D eigenvalue weighted by Gasteiger charge is 2.12. The molecule has 0 aliphatic carbocycles. The van der Waals surface area contributed by atoms with Crippen molar-refractivity contribution in [3.05, 3.63) is 29.8 Å². The molecular formula is C13H19NO3. The molecule has 0 fully saturated rings. The van der Waals surface area contributed by atoms with Crippen molar-refractivity contribution in [3.63, 3.8) is 0 Å². The second-order valence-corrected chi connectivity index (χ2v) is 3.95. The summed E-state index contributed by atoms with van der Waals surface area (Å²) in [5.41, 5.74) is 1.42. The van der Waals surface area contributed by atoms with Crippen LogP contribution in [0.5, 0.6) is 0 Å². The molecular weight excluding hydrogens is 218 g/mol. The number of hydrogen-bond acceptors (Lipinski definition) is 4. The standard InChI is InChI=1S/C13H19NO3/c1-9(10(2)16-3)14-12-7-5-6-11(8-12)13(15)17-4/h5-10,14H,1-4H3. The Labute approximate surface area is 102 Å². The van der Waals surface area contributed by atoms with Crippen molar-refractivity contribution in [2.45, 2.75) is 26.0 Å². The summed E-state index contributed by atoms with van der Waals surface area (Å²) < 4.78 is 9.90. The quantitative estimate of drug-likeness (QED) is 0.798. The molecule has 0 saturated heterocycles. The van der Waals surface area contributed by atoms with E-state index in [1.54, 1.807) is 19.2 Å². The third kappa shape index (κ3) is 3.75. The predicted octanol–water partition coefficient (Wildman–Crippen LogP) is 2.31. The summed E-state index contributed by atoms with van der Waals surface area (Å²) in [6, 6.07) is 7.38. The van der Waals surface area contributed by atoms with Gasteiger partial charge in [0.2, 0.25) is 0 Å². The first-order chi connectivity index (χ1) is 8.08. The Morgan fingerprint density at radius 3 is 2.59 bits per heavy atom. The third-order valence-electron chi connectivity index (χ3n) is 2.75. The molecule has 0 aliphatic heterocycles. The monoisotopic (exact) mass is 237 g/mol. The van der Waals surface area contributed by atoms with Crippen LogP contribution < -0.4 is 5.32 Å². The first-order valence-corrected chi connectivity index (χ1v) is 5.56. The molecule has 4 heteroatoms. The molecule has 94 valence electrons. The molecule has 0 radical (unpaired) electrons. The van der Waals surface area contributed by atoms with Gasteiger partial charge in [-0.25, -0.2) is 4.79 Å². The fraction of sp³-hybridized carbons (Fsp3) is 0.462. The second-order valence-electron chi connectivity index (χ2n) is 3.95. The van der Waals surface area contributed by atoms with Gasteiger partial charge in [-0.1, -0.05) is 6.07 Å². The summed E-state index contributed by atoms with van der Waals surface area (Å²) in [4.78, 5) is 11.4. The van der Waals surface area contributed by atoms with E-state index in [9.17, 15) is 4.79 Å². The first-order valence-electron chi connectivity index (χ1n) is 5.56. The van der Waals surface area contributed by atoms with Crippen molar-refractivity contribution < 1.29 is 14.3 Å². The Bertz CT molecular complexity index is 379. The number of nitrogens with one attached hydrogen (secondary N) is 1. The van der Waals surface area contributed by atoms with Gasteiger partial charge in [0.05, 0.1) is 18.8 Å². The molecule has 2 atom stereocenters. The van der Waals surface area contributed by atoms with Gasteiger partial charge in [0, 0.05) is 18.8 Å². The molecule has 1 N–H and O–H groups in total.